The quantitative estimate of drug-likeness (QED) is 0.390. The van der Waals surface area contributed by atoms with E-state index in [0.717, 1.165) is 22.3 Å². The van der Waals surface area contributed by atoms with Gasteiger partial charge in [-0.3, -0.25) is 4.90 Å². The molecule has 6 N–H and O–H groups in total. The topological polar surface area (TPSA) is 110 Å². The lowest BCUT2D eigenvalue weighted by Crippen LogP contribution is -2.36. The molecular formula is C20H36N2O4. The number of aliphatic hydroxyl groups excluding tert-OH is 4. The van der Waals surface area contributed by atoms with E-state index in [1.807, 2.05) is 17.0 Å². The van der Waals surface area contributed by atoms with Gasteiger partial charge >= 0.3 is 0 Å². The molecule has 4 unspecified atom stereocenters. The molecule has 6 heteroatoms. The highest BCUT2D eigenvalue weighted by atomic mass is 16.3. The maximum absolute atomic E-state index is 9.99. The number of benzene rings is 1. The maximum Gasteiger partial charge on any atom is 0.0639 e. The highest BCUT2D eigenvalue weighted by Gasteiger charge is 2.20. The van der Waals surface area contributed by atoms with Crippen LogP contribution in [-0.2, 0) is 25.9 Å². The van der Waals surface area contributed by atoms with Crippen molar-refractivity contribution < 1.29 is 20.4 Å². The van der Waals surface area contributed by atoms with Crippen molar-refractivity contribution in [1.29, 1.82) is 0 Å². The Labute approximate surface area is 157 Å². The van der Waals surface area contributed by atoms with E-state index in [9.17, 15) is 20.4 Å². The molecule has 0 aromatic heterocycles. The standard InChI is InChI=1S/C20H36N2O4/c1-13(23)7-17-5-6-18(9-21)20(19(17)8-14(2)24)12-22(10-15(3)25)11-16(4)26/h5-6,13-16,23-26H,7-12,21H2,1-4H3. The normalized spacial score (nSPS) is 16.5. The molecule has 4 atom stereocenters. The zero-order chi connectivity index (χ0) is 19.9. The van der Waals surface area contributed by atoms with E-state index in [1.54, 1.807) is 27.7 Å². The van der Waals surface area contributed by atoms with Gasteiger partial charge in [-0.15, -0.1) is 0 Å². The summed E-state index contributed by atoms with van der Waals surface area (Å²) in [5, 5.41) is 39.4. The van der Waals surface area contributed by atoms with Crippen LogP contribution < -0.4 is 5.73 Å². The lowest BCUT2D eigenvalue weighted by atomic mass is 9.89. The first-order chi connectivity index (χ1) is 12.1. The van der Waals surface area contributed by atoms with Crippen molar-refractivity contribution in [2.45, 2.75) is 78.0 Å². The predicted octanol–water partition coefficient (Wildman–Crippen LogP) is 0.556. The first-order valence-electron chi connectivity index (χ1n) is 9.41. The zero-order valence-corrected chi connectivity index (χ0v) is 16.5. The lowest BCUT2D eigenvalue weighted by molar-refractivity contribution is 0.0789. The van der Waals surface area contributed by atoms with Crippen LogP contribution in [0.3, 0.4) is 0 Å². The fourth-order valence-electron chi connectivity index (χ4n) is 3.41. The molecule has 1 aromatic carbocycles. The van der Waals surface area contributed by atoms with Gasteiger partial charge < -0.3 is 26.2 Å². The van der Waals surface area contributed by atoms with Gasteiger partial charge in [0, 0.05) is 26.2 Å². The summed E-state index contributed by atoms with van der Waals surface area (Å²) in [5.74, 6) is 0. The maximum atomic E-state index is 9.99. The minimum Gasteiger partial charge on any atom is -0.393 e. The summed E-state index contributed by atoms with van der Waals surface area (Å²) in [6.45, 7) is 8.70. The largest absolute Gasteiger partial charge is 0.393 e. The summed E-state index contributed by atoms with van der Waals surface area (Å²) < 4.78 is 0. The summed E-state index contributed by atoms with van der Waals surface area (Å²) in [4.78, 5) is 2.00. The van der Waals surface area contributed by atoms with Crippen LogP contribution >= 0.6 is 0 Å². The predicted molar refractivity (Wildman–Crippen MR) is 104 cm³/mol. The fraction of sp³-hybridized carbons (Fsp3) is 0.700. The second-order valence-corrected chi connectivity index (χ2v) is 7.54. The van der Waals surface area contributed by atoms with Gasteiger partial charge in [0.1, 0.15) is 0 Å². The molecule has 1 aromatic rings. The van der Waals surface area contributed by atoms with Crippen LogP contribution in [0.2, 0.25) is 0 Å². The van der Waals surface area contributed by atoms with Gasteiger partial charge in [-0.2, -0.15) is 0 Å². The molecule has 0 spiro atoms. The molecule has 0 aliphatic carbocycles. The van der Waals surface area contributed by atoms with Gasteiger partial charge in [0.2, 0.25) is 0 Å². The molecule has 0 aliphatic rings. The van der Waals surface area contributed by atoms with Gasteiger partial charge in [0.05, 0.1) is 24.4 Å². The second kappa shape index (κ2) is 11.0. The minimum atomic E-state index is -0.518. The molecule has 0 heterocycles. The number of hydrogen-bond acceptors (Lipinski definition) is 6. The minimum absolute atomic E-state index is 0.369. The molecule has 26 heavy (non-hydrogen) atoms. The van der Waals surface area contributed by atoms with Gasteiger partial charge in [-0.1, -0.05) is 12.1 Å². The van der Waals surface area contributed by atoms with Crippen molar-refractivity contribution in [2.75, 3.05) is 13.1 Å². The highest BCUT2D eigenvalue weighted by Crippen LogP contribution is 2.25. The van der Waals surface area contributed by atoms with Crippen LogP contribution in [-0.4, -0.2) is 62.8 Å². The SMILES string of the molecule is CC(O)Cc1ccc(CN)c(CN(CC(C)O)CC(C)O)c1CC(C)O. The molecule has 6 nitrogen and oxygen atoms in total. The number of nitrogens with zero attached hydrogens (tertiary/aromatic N) is 1. The Morgan fingerprint density at radius 1 is 0.769 bits per heavy atom. The molecule has 0 aliphatic heterocycles. The van der Waals surface area contributed by atoms with Crippen LogP contribution in [0.15, 0.2) is 12.1 Å². The van der Waals surface area contributed by atoms with Crippen LogP contribution in [0.5, 0.6) is 0 Å². The first kappa shape index (κ1) is 23.0. The third-order valence-corrected chi connectivity index (χ3v) is 4.29. The Balaban J connectivity index is 3.33. The van der Waals surface area contributed by atoms with Crippen molar-refractivity contribution in [3.8, 4) is 0 Å². The third kappa shape index (κ3) is 7.70. The molecule has 0 saturated carbocycles. The van der Waals surface area contributed by atoms with E-state index >= 15 is 0 Å². The number of rotatable bonds is 11. The van der Waals surface area contributed by atoms with Gasteiger partial charge in [-0.05, 0) is 62.8 Å². The van der Waals surface area contributed by atoms with E-state index < -0.39 is 24.4 Å². The molecule has 1 rings (SSSR count). The number of nitrogens with two attached hydrogens (primary N) is 1. The lowest BCUT2D eigenvalue weighted by Gasteiger charge is -2.29. The zero-order valence-electron chi connectivity index (χ0n) is 16.5. The molecule has 0 saturated heterocycles. The summed E-state index contributed by atoms with van der Waals surface area (Å²) >= 11 is 0. The molecule has 0 bridgehead atoms. The molecule has 0 radical (unpaired) electrons. The second-order valence-electron chi connectivity index (χ2n) is 7.54. The summed E-state index contributed by atoms with van der Waals surface area (Å²) in [5.41, 5.74) is 9.96. The van der Waals surface area contributed by atoms with Crippen molar-refractivity contribution in [1.82, 2.24) is 4.90 Å². The van der Waals surface area contributed by atoms with Crippen molar-refractivity contribution in [3.05, 3.63) is 34.4 Å². The Morgan fingerprint density at radius 2 is 1.27 bits per heavy atom. The Kier molecular flexibility index (Phi) is 9.71. The highest BCUT2D eigenvalue weighted by molar-refractivity contribution is 5.42. The monoisotopic (exact) mass is 368 g/mol. The number of aliphatic hydroxyl groups is 4. The third-order valence-electron chi connectivity index (χ3n) is 4.29. The summed E-state index contributed by atoms with van der Waals surface area (Å²) in [6, 6.07) is 3.95. The number of hydrogen-bond donors (Lipinski definition) is 5. The molecule has 0 fully saturated rings. The average molecular weight is 369 g/mol. The molecule has 150 valence electrons. The Hall–Kier alpha value is -1.02. The van der Waals surface area contributed by atoms with Crippen molar-refractivity contribution >= 4 is 0 Å². The molecule has 0 amide bonds. The van der Waals surface area contributed by atoms with Crippen LogP contribution in [0.1, 0.15) is 49.9 Å². The smallest absolute Gasteiger partial charge is 0.0639 e. The van der Waals surface area contributed by atoms with Crippen LogP contribution in [0.4, 0.5) is 0 Å². The van der Waals surface area contributed by atoms with E-state index in [1.165, 1.54) is 0 Å². The van der Waals surface area contributed by atoms with E-state index in [-0.39, 0.29) is 0 Å². The van der Waals surface area contributed by atoms with Gasteiger partial charge in [0.15, 0.2) is 0 Å². The van der Waals surface area contributed by atoms with E-state index in [0.29, 0.717) is 39.0 Å². The van der Waals surface area contributed by atoms with E-state index in [2.05, 4.69) is 0 Å². The van der Waals surface area contributed by atoms with Crippen molar-refractivity contribution in [3.63, 3.8) is 0 Å². The van der Waals surface area contributed by atoms with Crippen LogP contribution in [0.25, 0.3) is 0 Å². The Bertz CT molecular complexity index is 535. The van der Waals surface area contributed by atoms with Crippen molar-refractivity contribution in [2.24, 2.45) is 5.73 Å². The fourth-order valence-corrected chi connectivity index (χ4v) is 3.41. The Morgan fingerprint density at radius 3 is 1.69 bits per heavy atom. The summed E-state index contributed by atoms with van der Waals surface area (Å²) in [7, 11) is 0. The first-order valence-corrected chi connectivity index (χ1v) is 9.41. The summed E-state index contributed by atoms with van der Waals surface area (Å²) in [6.07, 6.45) is -1.05. The molecular weight excluding hydrogens is 332 g/mol. The van der Waals surface area contributed by atoms with Gasteiger partial charge in [-0.25, -0.2) is 0 Å². The van der Waals surface area contributed by atoms with Crippen LogP contribution in [0, 0.1) is 0 Å². The van der Waals surface area contributed by atoms with Gasteiger partial charge in [0.25, 0.3) is 0 Å². The average Bonchev–Trinajstić information content (AvgIpc) is 2.48. The van der Waals surface area contributed by atoms with E-state index in [4.69, 9.17) is 5.73 Å².